The fourth-order valence-electron chi connectivity index (χ4n) is 2.69. The molecule has 1 aromatic carbocycles. The van der Waals surface area contributed by atoms with Gasteiger partial charge in [-0.25, -0.2) is 8.78 Å². The van der Waals surface area contributed by atoms with E-state index in [1.54, 1.807) is 16.5 Å². The van der Waals surface area contributed by atoms with Crippen LogP contribution in [0.5, 0.6) is 0 Å². The van der Waals surface area contributed by atoms with Crippen LogP contribution in [0.4, 0.5) is 8.78 Å². The number of nitrogens with two attached hydrogens (primary N) is 1. The van der Waals surface area contributed by atoms with Crippen molar-refractivity contribution in [3.63, 3.8) is 0 Å². The van der Waals surface area contributed by atoms with E-state index >= 15 is 0 Å². The van der Waals surface area contributed by atoms with E-state index in [-0.39, 0.29) is 24.6 Å². The van der Waals surface area contributed by atoms with Crippen molar-refractivity contribution in [2.75, 3.05) is 6.61 Å². The highest BCUT2D eigenvalue weighted by atomic mass is 19.1. The number of rotatable bonds is 7. The fraction of sp³-hybridized carbons (Fsp3) is 0.300. The number of hydrogen-bond donors (Lipinski definition) is 2. The molecule has 0 saturated heterocycles. The van der Waals surface area contributed by atoms with Crippen LogP contribution in [0, 0.1) is 23.0 Å². The number of ether oxygens (including phenoxy) is 1. The molecule has 2 heterocycles. The van der Waals surface area contributed by atoms with E-state index < -0.39 is 29.1 Å². The second-order valence-electron chi connectivity index (χ2n) is 7.28. The lowest BCUT2D eigenvalue weighted by Gasteiger charge is -2.23. The summed E-state index contributed by atoms with van der Waals surface area (Å²) < 4.78 is 34.7. The molecular formula is C20H20F2N6O2. The molecule has 3 aromatic rings. The lowest BCUT2D eigenvalue weighted by atomic mass is 10.1. The number of benzene rings is 1. The molecule has 0 saturated carbocycles. The van der Waals surface area contributed by atoms with Gasteiger partial charge in [-0.1, -0.05) is 6.07 Å². The second kappa shape index (κ2) is 8.52. The van der Waals surface area contributed by atoms with Crippen molar-refractivity contribution >= 4 is 11.6 Å². The monoisotopic (exact) mass is 414 g/mol. The van der Waals surface area contributed by atoms with E-state index in [0.717, 1.165) is 12.1 Å². The summed E-state index contributed by atoms with van der Waals surface area (Å²) in [6.45, 7) is 2.56. The normalized spacial score (nSPS) is 12.5. The third-order valence-electron chi connectivity index (χ3n) is 4.35. The number of halogens is 2. The molecule has 156 valence electrons. The van der Waals surface area contributed by atoms with E-state index in [4.69, 9.17) is 15.7 Å². The van der Waals surface area contributed by atoms with Crippen LogP contribution in [-0.4, -0.2) is 32.7 Å². The van der Waals surface area contributed by atoms with Gasteiger partial charge in [0, 0.05) is 11.8 Å². The summed E-state index contributed by atoms with van der Waals surface area (Å²) >= 11 is 0. The first kappa shape index (κ1) is 21.3. The van der Waals surface area contributed by atoms with E-state index in [2.05, 4.69) is 15.5 Å². The summed E-state index contributed by atoms with van der Waals surface area (Å²) in [6.07, 6.45) is 1.52. The quantitative estimate of drug-likeness (QED) is 0.610. The van der Waals surface area contributed by atoms with Crippen LogP contribution in [0.1, 0.15) is 36.8 Å². The molecule has 0 radical (unpaired) electrons. The van der Waals surface area contributed by atoms with Crippen LogP contribution in [-0.2, 0) is 16.1 Å². The first-order chi connectivity index (χ1) is 14.2. The Hall–Kier alpha value is -3.42. The summed E-state index contributed by atoms with van der Waals surface area (Å²) in [6, 6.07) is 7.90. The highest BCUT2D eigenvalue weighted by Crippen LogP contribution is 2.18. The van der Waals surface area contributed by atoms with Gasteiger partial charge in [-0.2, -0.15) is 5.26 Å². The van der Waals surface area contributed by atoms with E-state index in [9.17, 15) is 13.6 Å². The van der Waals surface area contributed by atoms with Crippen LogP contribution in [0.2, 0.25) is 0 Å². The third kappa shape index (κ3) is 4.59. The highest BCUT2D eigenvalue weighted by Gasteiger charge is 2.28. The molecule has 0 aliphatic rings. The Morgan fingerprint density at radius 3 is 2.63 bits per heavy atom. The predicted molar refractivity (Wildman–Crippen MR) is 103 cm³/mol. The molecule has 1 amide bonds. The number of carbonyl (C=O) groups is 1. The van der Waals surface area contributed by atoms with Crippen LogP contribution in [0.3, 0.4) is 0 Å². The first-order valence-corrected chi connectivity index (χ1v) is 9.06. The number of carbonyl (C=O) groups excluding carboxylic acids is 1. The van der Waals surface area contributed by atoms with Crippen LogP contribution in [0.15, 0.2) is 36.5 Å². The fourth-order valence-corrected chi connectivity index (χ4v) is 2.69. The molecule has 0 aliphatic carbocycles. The molecular weight excluding hydrogens is 394 g/mol. The van der Waals surface area contributed by atoms with Crippen LogP contribution >= 0.6 is 0 Å². The average molecular weight is 414 g/mol. The molecule has 0 unspecified atom stereocenters. The summed E-state index contributed by atoms with van der Waals surface area (Å²) in [5, 5.41) is 20.0. The van der Waals surface area contributed by atoms with Gasteiger partial charge in [0.1, 0.15) is 23.7 Å². The topological polar surface area (TPSA) is 118 Å². The van der Waals surface area contributed by atoms with Crippen molar-refractivity contribution in [3.8, 4) is 6.07 Å². The zero-order valence-corrected chi connectivity index (χ0v) is 16.4. The summed E-state index contributed by atoms with van der Waals surface area (Å²) in [7, 11) is 0. The number of aromatic nitrogens is 3. The maximum atomic E-state index is 13.8. The Kier molecular flexibility index (Phi) is 6.05. The Bertz CT molecular complexity index is 1100. The summed E-state index contributed by atoms with van der Waals surface area (Å²) in [4.78, 5) is 12.4. The second-order valence-corrected chi connectivity index (χ2v) is 7.28. The Morgan fingerprint density at radius 2 is 2.00 bits per heavy atom. The molecule has 1 atom stereocenters. The zero-order valence-electron chi connectivity index (χ0n) is 16.4. The SMILES string of the molecule is CC(C)(N)C(=O)N[C@H](COCc1c(F)cccc1F)c1nnc2ccc(C#N)cn12. The van der Waals surface area contributed by atoms with Crippen LogP contribution in [0.25, 0.3) is 5.65 Å². The zero-order chi connectivity index (χ0) is 21.9. The molecule has 3 rings (SSSR count). The number of pyridine rings is 1. The van der Waals surface area contributed by atoms with Gasteiger partial charge < -0.3 is 15.8 Å². The standard InChI is InChI=1S/C20H20F2N6O2/c1-20(2,24)19(29)25-16(11-30-10-13-14(21)4-3-5-15(13)22)18-27-26-17-7-6-12(8-23)9-28(17)18/h3-7,9,16H,10-11,24H2,1-2H3,(H,25,29)/t16-/m1/s1. The molecule has 0 spiro atoms. The minimum atomic E-state index is -1.19. The maximum Gasteiger partial charge on any atom is 0.240 e. The van der Waals surface area contributed by atoms with Crippen molar-refractivity contribution in [2.24, 2.45) is 5.73 Å². The van der Waals surface area contributed by atoms with E-state index in [0.29, 0.717) is 11.2 Å². The first-order valence-electron chi connectivity index (χ1n) is 9.06. The number of amides is 1. The summed E-state index contributed by atoms with van der Waals surface area (Å²) in [5.74, 6) is -1.66. The van der Waals surface area contributed by atoms with Gasteiger partial charge >= 0.3 is 0 Å². The number of nitriles is 1. The van der Waals surface area contributed by atoms with Gasteiger partial charge in [-0.05, 0) is 38.1 Å². The van der Waals surface area contributed by atoms with Gasteiger partial charge in [-0.3, -0.25) is 9.20 Å². The third-order valence-corrected chi connectivity index (χ3v) is 4.35. The lowest BCUT2D eigenvalue weighted by molar-refractivity contribution is -0.126. The van der Waals surface area contributed by atoms with Crippen molar-refractivity contribution in [1.82, 2.24) is 19.9 Å². The lowest BCUT2D eigenvalue weighted by Crippen LogP contribution is -2.50. The number of nitrogens with zero attached hydrogens (tertiary/aromatic N) is 4. The van der Waals surface area contributed by atoms with Gasteiger partial charge in [0.25, 0.3) is 0 Å². The number of fused-ring (bicyclic) bond motifs is 1. The van der Waals surface area contributed by atoms with Crippen molar-refractivity contribution in [1.29, 1.82) is 5.26 Å². The molecule has 8 nitrogen and oxygen atoms in total. The molecule has 10 heteroatoms. The highest BCUT2D eigenvalue weighted by molar-refractivity contribution is 5.85. The molecule has 0 aliphatic heterocycles. The maximum absolute atomic E-state index is 13.8. The summed E-state index contributed by atoms with van der Waals surface area (Å²) in [5.41, 5.74) is 5.27. The largest absolute Gasteiger partial charge is 0.374 e. The Morgan fingerprint density at radius 1 is 1.30 bits per heavy atom. The molecule has 30 heavy (non-hydrogen) atoms. The van der Waals surface area contributed by atoms with Gasteiger partial charge in [0.05, 0.1) is 24.3 Å². The van der Waals surface area contributed by atoms with Gasteiger partial charge in [-0.15, -0.1) is 10.2 Å². The number of nitrogens with one attached hydrogen (secondary N) is 1. The van der Waals surface area contributed by atoms with Gasteiger partial charge in [0.15, 0.2) is 11.5 Å². The molecule has 0 bridgehead atoms. The van der Waals surface area contributed by atoms with E-state index in [1.165, 1.54) is 26.1 Å². The van der Waals surface area contributed by atoms with Gasteiger partial charge in [0.2, 0.25) is 5.91 Å². The number of hydrogen-bond acceptors (Lipinski definition) is 6. The molecule has 2 aromatic heterocycles. The molecule has 3 N–H and O–H groups in total. The Labute approximate surface area is 171 Å². The minimum Gasteiger partial charge on any atom is -0.374 e. The predicted octanol–water partition coefficient (Wildman–Crippen LogP) is 1.99. The Balaban J connectivity index is 1.88. The van der Waals surface area contributed by atoms with Crippen molar-refractivity contribution in [3.05, 3.63) is 65.1 Å². The van der Waals surface area contributed by atoms with Crippen molar-refractivity contribution in [2.45, 2.75) is 32.0 Å². The smallest absolute Gasteiger partial charge is 0.240 e. The minimum absolute atomic E-state index is 0.160. The van der Waals surface area contributed by atoms with Crippen molar-refractivity contribution < 1.29 is 18.3 Å². The van der Waals surface area contributed by atoms with E-state index in [1.807, 2.05) is 6.07 Å². The van der Waals surface area contributed by atoms with Crippen LogP contribution < -0.4 is 11.1 Å². The average Bonchev–Trinajstić information content (AvgIpc) is 3.11. The molecule has 0 fully saturated rings.